The van der Waals surface area contributed by atoms with Gasteiger partial charge in [-0.05, 0) is 25.1 Å². The lowest BCUT2D eigenvalue weighted by Crippen LogP contribution is -2.25. The molecular weight excluding hydrogens is 222 g/mol. The third-order valence-corrected chi connectivity index (χ3v) is 2.06. The molecule has 0 unspecified atom stereocenters. The maximum Gasteiger partial charge on any atom is 0.285 e. The highest BCUT2D eigenvalue weighted by molar-refractivity contribution is 6.20. The number of hydrogen-bond acceptors (Lipinski definition) is 4. The van der Waals surface area contributed by atoms with E-state index in [2.05, 4.69) is 6.58 Å². The Labute approximate surface area is 97.9 Å². The Morgan fingerprint density at radius 3 is 1.88 bits per heavy atom. The van der Waals surface area contributed by atoms with Gasteiger partial charge >= 0.3 is 0 Å². The number of carbonyl (C=O) groups is 3. The molecule has 5 nitrogen and oxygen atoms in total. The monoisotopic (exact) mass is 233 g/mol. The third kappa shape index (κ3) is 2.64. The molecule has 0 aliphatic carbocycles. The molecule has 0 radical (unpaired) electrons. The molecule has 17 heavy (non-hydrogen) atoms. The van der Waals surface area contributed by atoms with Gasteiger partial charge in [-0.25, -0.2) is 0 Å². The average Bonchev–Trinajstić information content (AvgIpc) is 2.56. The fourth-order valence-corrected chi connectivity index (χ4v) is 1.18. The van der Waals surface area contributed by atoms with Gasteiger partial charge in [0.2, 0.25) is 0 Å². The Balaban J connectivity index is 0.000000249. The van der Waals surface area contributed by atoms with Crippen LogP contribution in [0.15, 0.2) is 36.9 Å². The van der Waals surface area contributed by atoms with Gasteiger partial charge in [0.1, 0.15) is 0 Å². The zero-order valence-electron chi connectivity index (χ0n) is 9.21. The summed E-state index contributed by atoms with van der Waals surface area (Å²) < 4.78 is 0. The minimum atomic E-state index is -0.657. The predicted octanol–water partition coefficient (Wildman–Crippen LogP) is 1.43. The molecule has 1 aromatic carbocycles. The van der Waals surface area contributed by atoms with Gasteiger partial charge in [-0.1, -0.05) is 18.7 Å². The summed E-state index contributed by atoms with van der Waals surface area (Å²) >= 11 is 0. The molecule has 2 amide bonds. The molecule has 1 aromatic rings. The Kier molecular flexibility index (Phi) is 3.90. The number of benzene rings is 1. The zero-order valence-corrected chi connectivity index (χ0v) is 9.21. The molecule has 0 spiro atoms. The summed E-state index contributed by atoms with van der Waals surface area (Å²) in [6.45, 7) is 4.68. The maximum atomic E-state index is 11.1. The van der Waals surface area contributed by atoms with Crippen LogP contribution in [-0.4, -0.2) is 27.9 Å². The molecule has 5 heteroatoms. The molecule has 1 heterocycles. The average molecular weight is 233 g/mol. The van der Waals surface area contributed by atoms with Gasteiger partial charge in [-0.15, -0.1) is 5.06 Å². The van der Waals surface area contributed by atoms with Gasteiger partial charge in [0.15, 0.2) is 5.78 Å². The van der Waals surface area contributed by atoms with Crippen LogP contribution in [-0.2, 0) is 4.79 Å². The van der Waals surface area contributed by atoms with Crippen molar-refractivity contribution in [2.45, 2.75) is 6.92 Å². The largest absolute Gasteiger partial charge is 0.295 e. The molecule has 0 saturated heterocycles. The summed E-state index contributed by atoms with van der Waals surface area (Å²) in [5, 5.41) is 9.05. The van der Waals surface area contributed by atoms with Crippen LogP contribution in [0.2, 0.25) is 0 Å². The number of nitrogens with zero attached hydrogens (tertiary/aromatic N) is 1. The van der Waals surface area contributed by atoms with E-state index < -0.39 is 11.8 Å². The van der Waals surface area contributed by atoms with E-state index in [0.29, 0.717) is 0 Å². The van der Waals surface area contributed by atoms with E-state index in [-0.39, 0.29) is 22.0 Å². The zero-order chi connectivity index (χ0) is 13.0. The van der Waals surface area contributed by atoms with Crippen molar-refractivity contribution in [3.8, 4) is 0 Å². The summed E-state index contributed by atoms with van der Waals surface area (Å²) in [5.41, 5.74) is 0.509. The molecule has 0 aromatic heterocycles. The molecule has 2 rings (SSSR count). The lowest BCUT2D eigenvalue weighted by atomic mass is 10.1. The second-order valence-corrected chi connectivity index (χ2v) is 3.28. The molecule has 0 saturated carbocycles. The standard InChI is InChI=1S/C8H5NO3.C4H6O/c10-7-5-3-1-2-4-6(5)8(11)9(7)12;1-3-4(2)5/h1-4,12H;3H,1H2,2H3. The number of hydrogen-bond donors (Lipinski definition) is 1. The number of allylic oxidation sites excluding steroid dienone is 1. The number of rotatable bonds is 1. The summed E-state index contributed by atoms with van der Waals surface area (Å²) in [6, 6.07) is 6.30. The molecule has 88 valence electrons. The second kappa shape index (κ2) is 5.18. The first-order chi connectivity index (χ1) is 7.99. The molecule has 1 aliphatic heterocycles. The van der Waals surface area contributed by atoms with Crippen molar-refractivity contribution in [1.82, 2.24) is 5.06 Å². The normalized spacial score (nSPS) is 12.7. The number of amides is 2. The van der Waals surface area contributed by atoms with Crippen LogP contribution in [0.1, 0.15) is 27.6 Å². The minimum Gasteiger partial charge on any atom is -0.295 e. The number of imide groups is 1. The smallest absolute Gasteiger partial charge is 0.285 e. The van der Waals surface area contributed by atoms with Gasteiger partial charge < -0.3 is 0 Å². The van der Waals surface area contributed by atoms with E-state index in [4.69, 9.17) is 5.21 Å². The highest BCUT2D eigenvalue weighted by atomic mass is 16.5. The fraction of sp³-hybridized carbons (Fsp3) is 0.0833. The third-order valence-electron chi connectivity index (χ3n) is 2.06. The van der Waals surface area contributed by atoms with Crippen molar-refractivity contribution in [3.63, 3.8) is 0 Å². The Morgan fingerprint density at radius 2 is 1.59 bits per heavy atom. The van der Waals surface area contributed by atoms with E-state index >= 15 is 0 Å². The van der Waals surface area contributed by atoms with Crippen LogP contribution in [0, 0.1) is 0 Å². The van der Waals surface area contributed by atoms with Gasteiger partial charge in [-0.2, -0.15) is 0 Å². The SMILES string of the molecule is C=CC(C)=O.O=C1c2ccccc2C(=O)N1O. The molecule has 1 aliphatic rings. The van der Waals surface area contributed by atoms with Crippen molar-refractivity contribution in [3.05, 3.63) is 48.0 Å². The van der Waals surface area contributed by atoms with E-state index in [1.165, 1.54) is 25.1 Å². The van der Waals surface area contributed by atoms with Gasteiger partial charge in [0.05, 0.1) is 11.1 Å². The summed E-state index contributed by atoms with van der Waals surface area (Å²) in [5.74, 6) is -1.30. The van der Waals surface area contributed by atoms with Crippen LogP contribution < -0.4 is 0 Å². The van der Waals surface area contributed by atoms with E-state index in [1.54, 1.807) is 12.1 Å². The van der Waals surface area contributed by atoms with Crippen LogP contribution in [0.5, 0.6) is 0 Å². The molecule has 0 bridgehead atoms. The second-order valence-electron chi connectivity index (χ2n) is 3.28. The van der Waals surface area contributed by atoms with Crippen LogP contribution in [0.25, 0.3) is 0 Å². The van der Waals surface area contributed by atoms with Crippen LogP contribution >= 0.6 is 0 Å². The van der Waals surface area contributed by atoms with Crippen molar-refractivity contribution in [1.29, 1.82) is 0 Å². The quantitative estimate of drug-likeness (QED) is 0.452. The van der Waals surface area contributed by atoms with Gasteiger partial charge in [-0.3, -0.25) is 19.6 Å². The summed E-state index contributed by atoms with van der Waals surface area (Å²) in [7, 11) is 0. The molecule has 0 atom stereocenters. The van der Waals surface area contributed by atoms with Crippen molar-refractivity contribution in [2.75, 3.05) is 0 Å². The molecule has 1 N–H and O–H groups in total. The maximum absolute atomic E-state index is 11.1. The summed E-state index contributed by atoms with van der Waals surface area (Å²) in [6.07, 6.45) is 1.28. The Bertz CT molecular complexity index is 458. The lowest BCUT2D eigenvalue weighted by Gasteiger charge is -1.99. The first-order valence-corrected chi connectivity index (χ1v) is 4.78. The summed E-state index contributed by atoms with van der Waals surface area (Å²) in [4.78, 5) is 31.8. The number of fused-ring (bicyclic) bond motifs is 1. The number of carbonyl (C=O) groups excluding carboxylic acids is 3. The fourth-order valence-electron chi connectivity index (χ4n) is 1.18. The van der Waals surface area contributed by atoms with Gasteiger partial charge in [0.25, 0.3) is 11.8 Å². The number of hydroxylamine groups is 2. The molecule has 0 fully saturated rings. The topological polar surface area (TPSA) is 74.7 Å². The Morgan fingerprint density at radius 1 is 1.24 bits per heavy atom. The minimum absolute atomic E-state index is 0.0185. The molecular formula is C12H11NO4. The van der Waals surface area contributed by atoms with Gasteiger partial charge in [0, 0.05) is 0 Å². The van der Waals surface area contributed by atoms with Crippen molar-refractivity contribution >= 4 is 17.6 Å². The van der Waals surface area contributed by atoms with E-state index in [1.807, 2.05) is 0 Å². The van der Waals surface area contributed by atoms with Crippen LogP contribution in [0.4, 0.5) is 0 Å². The van der Waals surface area contributed by atoms with E-state index in [0.717, 1.165) is 0 Å². The van der Waals surface area contributed by atoms with Crippen molar-refractivity contribution in [2.24, 2.45) is 0 Å². The predicted molar refractivity (Wildman–Crippen MR) is 59.6 cm³/mol. The van der Waals surface area contributed by atoms with E-state index in [9.17, 15) is 14.4 Å². The first kappa shape index (κ1) is 12.8. The first-order valence-electron chi connectivity index (χ1n) is 4.78. The Hall–Kier alpha value is -2.27. The highest BCUT2D eigenvalue weighted by Gasteiger charge is 2.33. The number of ketones is 1. The highest BCUT2D eigenvalue weighted by Crippen LogP contribution is 2.19. The van der Waals surface area contributed by atoms with Crippen LogP contribution in [0.3, 0.4) is 0 Å². The van der Waals surface area contributed by atoms with Crippen molar-refractivity contribution < 1.29 is 19.6 Å². The lowest BCUT2D eigenvalue weighted by molar-refractivity contribution is -0.112.